The average Bonchev–Trinajstić information content (AvgIpc) is 2.56. The highest BCUT2D eigenvalue weighted by Gasteiger charge is 2.24. The quantitative estimate of drug-likeness (QED) is 0.874. The molecule has 0 saturated carbocycles. The van der Waals surface area contributed by atoms with Gasteiger partial charge in [-0.25, -0.2) is 0 Å². The topological polar surface area (TPSA) is 46.1 Å². The number of aromatic nitrogens is 2. The first-order valence-corrected chi connectivity index (χ1v) is 7.82. The molecule has 0 radical (unpaired) electrons. The summed E-state index contributed by atoms with van der Waals surface area (Å²) >= 11 is 0. The molecular formula is C18H21N3O. The number of carbonyl (C=O) groups excluding carboxylic acids is 1. The van der Waals surface area contributed by atoms with Crippen LogP contribution in [0.1, 0.15) is 42.6 Å². The highest BCUT2D eigenvalue weighted by Crippen LogP contribution is 2.25. The average molecular weight is 295 g/mol. The van der Waals surface area contributed by atoms with Crippen molar-refractivity contribution in [2.75, 3.05) is 13.1 Å². The van der Waals surface area contributed by atoms with Crippen LogP contribution in [0, 0.1) is 0 Å². The molecule has 1 atom stereocenters. The molecule has 1 aromatic carbocycles. The summed E-state index contributed by atoms with van der Waals surface area (Å²) in [5.74, 6) is 0.457. The molecule has 0 spiro atoms. The monoisotopic (exact) mass is 295 g/mol. The van der Waals surface area contributed by atoms with Crippen LogP contribution in [0.15, 0.2) is 42.7 Å². The van der Waals surface area contributed by atoms with E-state index in [4.69, 9.17) is 4.98 Å². The van der Waals surface area contributed by atoms with Crippen molar-refractivity contribution in [3.63, 3.8) is 0 Å². The lowest BCUT2D eigenvalue weighted by molar-refractivity contribution is -0.130. The van der Waals surface area contributed by atoms with Gasteiger partial charge in [-0.05, 0) is 18.4 Å². The molecule has 2 heterocycles. The van der Waals surface area contributed by atoms with Crippen LogP contribution in [0.2, 0.25) is 0 Å². The fourth-order valence-electron chi connectivity index (χ4n) is 3.01. The van der Waals surface area contributed by atoms with E-state index in [9.17, 15) is 4.79 Å². The van der Waals surface area contributed by atoms with Gasteiger partial charge in [0.1, 0.15) is 0 Å². The van der Waals surface area contributed by atoms with E-state index in [0.29, 0.717) is 5.92 Å². The van der Waals surface area contributed by atoms with Gasteiger partial charge in [0, 0.05) is 44.7 Å². The Hall–Kier alpha value is -2.23. The minimum absolute atomic E-state index is 0.151. The van der Waals surface area contributed by atoms with Crippen LogP contribution in [0.4, 0.5) is 0 Å². The molecule has 4 heteroatoms. The van der Waals surface area contributed by atoms with Gasteiger partial charge in [-0.1, -0.05) is 30.3 Å². The molecule has 114 valence electrons. The second-order valence-corrected chi connectivity index (χ2v) is 5.90. The van der Waals surface area contributed by atoms with Crippen molar-refractivity contribution in [1.82, 2.24) is 14.9 Å². The van der Waals surface area contributed by atoms with Crippen molar-refractivity contribution in [3.8, 4) is 0 Å². The van der Waals surface area contributed by atoms with Crippen molar-refractivity contribution in [2.45, 2.75) is 32.1 Å². The van der Waals surface area contributed by atoms with Crippen LogP contribution < -0.4 is 0 Å². The largest absolute Gasteiger partial charge is 0.342 e. The smallest absolute Gasteiger partial charge is 0.219 e. The third kappa shape index (κ3) is 3.50. The van der Waals surface area contributed by atoms with E-state index in [1.807, 2.05) is 35.5 Å². The van der Waals surface area contributed by atoms with E-state index in [1.165, 1.54) is 5.56 Å². The molecule has 4 nitrogen and oxygen atoms in total. The van der Waals surface area contributed by atoms with Gasteiger partial charge in [-0.3, -0.25) is 14.8 Å². The van der Waals surface area contributed by atoms with E-state index < -0.39 is 0 Å². The molecule has 0 aliphatic carbocycles. The summed E-state index contributed by atoms with van der Waals surface area (Å²) in [6.07, 6.45) is 6.60. The van der Waals surface area contributed by atoms with Crippen molar-refractivity contribution in [3.05, 3.63) is 59.7 Å². The summed E-state index contributed by atoms with van der Waals surface area (Å²) < 4.78 is 0. The molecule has 1 aliphatic rings. The van der Waals surface area contributed by atoms with Crippen molar-refractivity contribution < 1.29 is 4.79 Å². The predicted octanol–water partition coefficient (Wildman–Crippen LogP) is 2.79. The number of hydrogen-bond donors (Lipinski definition) is 0. The molecule has 0 N–H and O–H groups in total. The molecule has 22 heavy (non-hydrogen) atoms. The number of likely N-dealkylation sites (tertiary alicyclic amines) is 1. The molecule has 1 amide bonds. The molecule has 1 aliphatic heterocycles. The Kier molecular flexibility index (Phi) is 4.47. The summed E-state index contributed by atoms with van der Waals surface area (Å²) in [5, 5.41) is 0. The second kappa shape index (κ2) is 6.69. The minimum atomic E-state index is 0.151. The molecule has 0 bridgehead atoms. The highest BCUT2D eigenvalue weighted by atomic mass is 16.2. The number of rotatable bonds is 3. The van der Waals surface area contributed by atoms with Gasteiger partial charge in [-0.15, -0.1) is 0 Å². The lowest BCUT2D eigenvalue weighted by Gasteiger charge is -2.31. The molecule has 1 aromatic heterocycles. The lowest BCUT2D eigenvalue weighted by atomic mass is 9.95. The first-order valence-electron chi connectivity index (χ1n) is 7.82. The summed E-state index contributed by atoms with van der Waals surface area (Å²) in [7, 11) is 0. The van der Waals surface area contributed by atoms with E-state index >= 15 is 0 Å². The maximum Gasteiger partial charge on any atom is 0.219 e. The molecular weight excluding hydrogens is 274 g/mol. The van der Waals surface area contributed by atoms with E-state index in [1.54, 1.807) is 6.92 Å². The van der Waals surface area contributed by atoms with Crippen molar-refractivity contribution in [2.24, 2.45) is 0 Å². The Morgan fingerprint density at radius 2 is 2.09 bits per heavy atom. The standard InChI is InChI=1S/C18H21N3O/c1-14(22)21-9-5-8-16(13-21)18-12-19-11-17(20-18)10-15-6-3-2-4-7-15/h2-4,6-7,11-12,16H,5,8-10,13H2,1H3/t16-/m1/s1. The maximum atomic E-state index is 11.6. The minimum Gasteiger partial charge on any atom is -0.342 e. The Morgan fingerprint density at radius 1 is 1.27 bits per heavy atom. The number of nitrogens with zero attached hydrogens (tertiary/aromatic N) is 3. The van der Waals surface area contributed by atoms with E-state index in [0.717, 1.165) is 43.7 Å². The van der Waals surface area contributed by atoms with Gasteiger partial charge < -0.3 is 4.90 Å². The summed E-state index contributed by atoms with van der Waals surface area (Å²) in [6, 6.07) is 10.3. The fraction of sp³-hybridized carbons (Fsp3) is 0.389. The van der Waals surface area contributed by atoms with Crippen LogP contribution in [0.5, 0.6) is 0 Å². The Balaban J connectivity index is 1.75. The van der Waals surface area contributed by atoms with Crippen LogP contribution >= 0.6 is 0 Å². The highest BCUT2D eigenvalue weighted by molar-refractivity contribution is 5.73. The van der Waals surface area contributed by atoms with Crippen LogP contribution in [0.25, 0.3) is 0 Å². The third-order valence-corrected chi connectivity index (χ3v) is 4.22. The normalized spacial score (nSPS) is 18.2. The molecule has 1 saturated heterocycles. The Bertz CT molecular complexity index is 642. The maximum absolute atomic E-state index is 11.6. The molecule has 1 fully saturated rings. The first kappa shape index (κ1) is 14.7. The predicted molar refractivity (Wildman–Crippen MR) is 85.5 cm³/mol. The number of piperidine rings is 1. The number of carbonyl (C=O) groups is 1. The van der Waals surface area contributed by atoms with Gasteiger partial charge in [0.25, 0.3) is 0 Å². The third-order valence-electron chi connectivity index (χ3n) is 4.22. The number of amides is 1. The molecule has 2 aromatic rings. The van der Waals surface area contributed by atoms with E-state index in [2.05, 4.69) is 17.1 Å². The van der Waals surface area contributed by atoms with E-state index in [-0.39, 0.29) is 5.91 Å². The van der Waals surface area contributed by atoms with Crippen LogP contribution in [0.3, 0.4) is 0 Å². The first-order chi connectivity index (χ1) is 10.7. The van der Waals surface area contributed by atoms with Gasteiger partial charge in [0.05, 0.1) is 11.4 Å². The zero-order chi connectivity index (χ0) is 15.4. The summed E-state index contributed by atoms with van der Waals surface area (Å²) in [5.41, 5.74) is 3.24. The number of hydrogen-bond acceptors (Lipinski definition) is 3. The SMILES string of the molecule is CC(=O)N1CCC[C@@H](c2cncc(Cc3ccccc3)n2)C1. The van der Waals surface area contributed by atoms with Crippen LogP contribution in [-0.4, -0.2) is 33.9 Å². The zero-order valence-electron chi connectivity index (χ0n) is 12.9. The Morgan fingerprint density at radius 3 is 2.86 bits per heavy atom. The molecule has 0 unspecified atom stereocenters. The van der Waals surface area contributed by atoms with Gasteiger partial charge in [-0.2, -0.15) is 0 Å². The summed E-state index contributed by atoms with van der Waals surface area (Å²) in [4.78, 5) is 22.6. The van der Waals surface area contributed by atoms with Crippen molar-refractivity contribution >= 4 is 5.91 Å². The lowest BCUT2D eigenvalue weighted by Crippen LogP contribution is -2.37. The molecule has 3 rings (SSSR count). The van der Waals surface area contributed by atoms with Crippen molar-refractivity contribution in [1.29, 1.82) is 0 Å². The van der Waals surface area contributed by atoms with Crippen LogP contribution in [-0.2, 0) is 11.2 Å². The van der Waals surface area contributed by atoms with Gasteiger partial charge in [0.2, 0.25) is 5.91 Å². The Labute approximate surface area is 131 Å². The zero-order valence-corrected chi connectivity index (χ0v) is 12.9. The second-order valence-electron chi connectivity index (χ2n) is 5.90. The fourth-order valence-corrected chi connectivity index (χ4v) is 3.01. The van der Waals surface area contributed by atoms with Gasteiger partial charge >= 0.3 is 0 Å². The number of benzene rings is 1. The van der Waals surface area contributed by atoms with Gasteiger partial charge in [0.15, 0.2) is 0 Å². The summed E-state index contributed by atoms with van der Waals surface area (Å²) in [6.45, 7) is 3.27.